The molecule has 0 N–H and O–H groups in total. The van der Waals surface area contributed by atoms with E-state index in [9.17, 15) is 14.4 Å². The molecule has 0 spiro atoms. The molecule has 282 valence electrons. The quantitative estimate of drug-likeness (QED) is 0.147. The van der Waals surface area contributed by atoms with E-state index in [1.807, 2.05) is 71.0 Å². The van der Waals surface area contributed by atoms with Gasteiger partial charge in [0.15, 0.2) is 5.78 Å². The topological polar surface area (TPSA) is 101 Å². The first kappa shape index (κ1) is 40.3. The second kappa shape index (κ2) is 19.9. The van der Waals surface area contributed by atoms with Gasteiger partial charge in [0.05, 0.1) is 31.8 Å². The number of esters is 2. The first-order valence-electron chi connectivity index (χ1n) is 18.6. The summed E-state index contributed by atoms with van der Waals surface area (Å²) in [6.45, 7) is 19.3. The molecule has 11 heteroatoms. The molecule has 2 heterocycles. The lowest BCUT2D eigenvalue weighted by atomic mass is 9.96. The Hall–Kier alpha value is -3.51. The maximum absolute atomic E-state index is 13.2. The fourth-order valence-electron chi connectivity index (χ4n) is 6.00. The number of ether oxygens (including phenoxy) is 4. The fourth-order valence-corrected chi connectivity index (χ4v) is 6.00. The van der Waals surface area contributed by atoms with Crippen molar-refractivity contribution in [1.82, 2.24) is 9.80 Å². The smallest absolute Gasteiger partial charge is 0.307 e. The van der Waals surface area contributed by atoms with Crippen molar-refractivity contribution in [3.8, 4) is 0 Å². The largest absolute Gasteiger partial charge is 0.463 e. The Kier molecular flexibility index (Phi) is 15.7. The molecule has 2 aromatic rings. The Labute approximate surface area is 305 Å². The summed E-state index contributed by atoms with van der Waals surface area (Å²) in [5.41, 5.74) is 3.41. The molecule has 0 bridgehead atoms. The van der Waals surface area contributed by atoms with Gasteiger partial charge in [-0.2, -0.15) is 0 Å². The molecule has 11 nitrogen and oxygen atoms in total. The van der Waals surface area contributed by atoms with Crippen LogP contribution in [0.1, 0.15) is 69.8 Å². The van der Waals surface area contributed by atoms with Gasteiger partial charge in [0.1, 0.15) is 13.2 Å². The van der Waals surface area contributed by atoms with Gasteiger partial charge in [-0.1, -0.05) is 20.8 Å². The molecule has 0 saturated carbocycles. The Morgan fingerprint density at radius 1 is 0.667 bits per heavy atom. The zero-order valence-corrected chi connectivity index (χ0v) is 31.7. The summed E-state index contributed by atoms with van der Waals surface area (Å²) in [7, 11) is 2.15. The molecule has 0 aliphatic carbocycles. The number of hydrogen-bond acceptors (Lipinski definition) is 11. The van der Waals surface area contributed by atoms with Crippen molar-refractivity contribution in [3.63, 3.8) is 0 Å². The van der Waals surface area contributed by atoms with Gasteiger partial charge in [-0.25, -0.2) is 0 Å². The second-order valence-corrected chi connectivity index (χ2v) is 14.8. The zero-order valence-electron chi connectivity index (χ0n) is 31.7. The Morgan fingerprint density at radius 2 is 1.10 bits per heavy atom. The van der Waals surface area contributed by atoms with E-state index in [1.54, 1.807) is 0 Å². The van der Waals surface area contributed by atoms with E-state index in [4.69, 9.17) is 18.9 Å². The zero-order chi connectivity index (χ0) is 36.8. The molecule has 2 saturated heterocycles. The van der Waals surface area contributed by atoms with Crippen molar-refractivity contribution in [2.24, 2.45) is 5.41 Å². The Balaban J connectivity index is 1.09. The molecule has 4 rings (SSSR count). The number of carbonyl (C=O) groups is 3. The summed E-state index contributed by atoms with van der Waals surface area (Å²) >= 11 is 0. The third-order valence-corrected chi connectivity index (χ3v) is 9.43. The molecule has 2 aromatic carbocycles. The lowest BCUT2D eigenvalue weighted by molar-refractivity contribution is -0.150. The van der Waals surface area contributed by atoms with Gasteiger partial charge in [0.2, 0.25) is 0 Å². The van der Waals surface area contributed by atoms with E-state index in [2.05, 4.69) is 38.8 Å². The average molecular weight is 709 g/mol. The second-order valence-electron chi connectivity index (χ2n) is 14.8. The normalized spacial score (nSPS) is 17.2. The van der Waals surface area contributed by atoms with Gasteiger partial charge in [-0.05, 0) is 75.8 Å². The minimum absolute atomic E-state index is 0.0347. The minimum atomic E-state index is -0.251. The predicted octanol–water partition coefficient (Wildman–Crippen LogP) is 4.90. The van der Waals surface area contributed by atoms with Crippen LogP contribution >= 0.6 is 0 Å². The first-order valence-corrected chi connectivity index (χ1v) is 18.6. The first-order chi connectivity index (χ1) is 24.4. The Morgan fingerprint density at radius 3 is 1.55 bits per heavy atom. The molecular formula is C40H60N4O7. The van der Waals surface area contributed by atoms with Crippen LogP contribution in [-0.4, -0.2) is 132 Å². The highest BCUT2D eigenvalue weighted by Gasteiger charge is 2.23. The summed E-state index contributed by atoms with van der Waals surface area (Å²) in [6.07, 6.45) is 1.08. The highest BCUT2D eigenvalue weighted by molar-refractivity contribution is 6.09. The number of hydrogen-bond donors (Lipinski definition) is 0. The lowest BCUT2D eigenvalue weighted by Gasteiger charge is -2.36. The van der Waals surface area contributed by atoms with Crippen LogP contribution in [0, 0.1) is 5.41 Å². The monoisotopic (exact) mass is 708 g/mol. The highest BCUT2D eigenvalue weighted by atomic mass is 16.6. The van der Waals surface area contributed by atoms with Gasteiger partial charge >= 0.3 is 11.9 Å². The maximum atomic E-state index is 13.2. The third kappa shape index (κ3) is 13.5. The van der Waals surface area contributed by atoms with Gasteiger partial charge in [-0.15, -0.1) is 0 Å². The molecule has 2 aliphatic heterocycles. The van der Waals surface area contributed by atoms with Crippen LogP contribution in [-0.2, 0) is 28.5 Å². The van der Waals surface area contributed by atoms with Crippen molar-refractivity contribution in [2.45, 2.75) is 66.1 Å². The summed E-state index contributed by atoms with van der Waals surface area (Å²) < 4.78 is 22.6. The number of ketones is 1. The van der Waals surface area contributed by atoms with Crippen LogP contribution in [0.2, 0.25) is 0 Å². The number of rotatable bonds is 19. The van der Waals surface area contributed by atoms with E-state index in [1.165, 1.54) is 5.69 Å². The lowest BCUT2D eigenvalue weighted by Crippen LogP contribution is -2.47. The SMILES string of the molecule is CCCC(=O)OCC(C)OCC(C)(C)COC(C)COC(=O)CCN1CCN(c2ccc(C(=O)c3ccc(N4CCN(C)CC4)cc3)cc2)CC1. The maximum Gasteiger partial charge on any atom is 0.307 e. The number of benzene rings is 2. The van der Waals surface area contributed by atoms with Crippen LogP contribution in [0.3, 0.4) is 0 Å². The summed E-state index contributed by atoms with van der Waals surface area (Å²) in [4.78, 5) is 46.6. The van der Waals surface area contributed by atoms with Crippen LogP contribution < -0.4 is 9.80 Å². The van der Waals surface area contributed by atoms with E-state index in [0.29, 0.717) is 43.7 Å². The van der Waals surface area contributed by atoms with E-state index in [0.717, 1.165) is 64.5 Å². The standard InChI is InChI=1S/C40H60N4O7/c1-7-8-37(45)48-27-31(2)50-29-40(4,5)30-51-32(3)28-49-38(46)17-18-42-21-25-44(26-22-42)36-15-11-34(12-16-36)39(47)33-9-13-35(14-10-33)43-23-19-41(6)20-24-43/h9-16,31-32H,7-8,17-30H2,1-6H3. The van der Waals surface area contributed by atoms with E-state index in [-0.39, 0.29) is 48.6 Å². The number of likely N-dealkylation sites (N-methyl/N-ethyl adjacent to an activating group) is 1. The van der Waals surface area contributed by atoms with Crippen molar-refractivity contribution < 1.29 is 33.3 Å². The number of carbonyl (C=O) groups excluding carboxylic acids is 3. The minimum Gasteiger partial charge on any atom is -0.463 e. The molecular weight excluding hydrogens is 648 g/mol. The molecule has 51 heavy (non-hydrogen) atoms. The van der Waals surface area contributed by atoms with Gasteiger partial charge in [0.25, 0.3) is 0 Å². The third-order valence-electron chi connectivity index (χ3n) is 9.43. The summed E-state index contributed by atoms with van der Waals surface area (Å²) in [6, 6.07) is 15.9. The summed E-state index contributed by atoms with van der Waals surface area (Å²) in [5, 5.41) is 0. The molecule has 0 aromatic heterocycles. The van der Waals surface area contributed by atoms with Gasteiger partial charge in [-0.3, -0.25) is 19.3 Å². The van der Waals surface area contributed by atoms with Crippen molar-refractivity contribution >= 4 is 29.1 Å². The van der Waals surface area contributed by atoms with Gasteiger partial charge in [0, 0.05) is 93.2 Å². The van der Waals surface area contributed by atoms with Crippen molar-refractivity contribution in [1.29, 1.82) is 0 Å². The highest BCUT2D eigenvalue weighted by Crippen LogP contribution is 2.22. The molecule has 2 unspecified atom stereocenters. The molecule has 2 fully saturated rings. The van der Waals surface area contributed by atoms with Crippen molar-refractivity contribution in [3.05, 3.63) is 59.7 Å². The van der Waals surface area contributed by atoms with Crippen molar-refractivity contribution in [2.75, 3.05) is 102 Å². The average Bonchev–Trinajstić information content (AvgIpc) is 3.14. The molecule has 2 atom stereocenters. The number of anilines is 2. The fraction of sp³-hybridized carbons (Fsp3) is 0.625. The van der Waals surface area contributed by atoms with Crippen LogP contribution in [0.15, 0.2) is 48.5 Å². The van der Waals surface area contributed by atoms with Crippen LogP contribution in [0.25, 0.3) is 0 Å². The molecule has 0 radical (unpaired) electrons. The number of piperazine rings is 2. The molecule has 2 aliphatic rings. The predicted molar refractivity (Wildman–Crippen MR) is 201 cm³/mol. The van der Waals surface area contributed by atoms with Gasteiger partial charge < -0.3 is 33.6 Å². The van der Waals surface area contributed by atoms with Crippen LogP contribution in [0.5, 0.6) is 0 Å². The van der Waals surface area contributed by atoms with E-state index < -0.39 is 0 Å². The number of nitrogens with zero attached hydrogens (tertiary/aromatic N) is 4. The van der Waals surface area contributed by atoms with E-state index >= 15 is 0 Å². The Bertz CT molecular complexity index is 1370. The molecule has 0 amide bonds. The summed E-state index contributed by atoms with van der Waals surface area (Å²) in [5.74, 6) is -0.391. The van der Waals surface area contributed by atoms with Crippen LogP contribution in [0.4, 0.5) is 11.4 Å².